The zero-order valence-corrected chi connectivity index (χ0v) is 5.78. The van der Waals surface area contributed by atoms with E-state index in [4.69, 9.17) is 15.3 Å². The molecule has 3 N–H and O–H groups in total. The van der Waals surface area contributed by atoms with Gasteiger partial charge in [0.25, 0.3) is 0 Å². The summed E-state index contributed by atoms with van der Waals surface area (Å²) in [7, 11) is 0. The third-order valence-electron chi connectivity index (χ3n) is 0.421. The maximum absolute atomic E-state index is 8.17. The summed E-state index contributed by atoms with van der Waals surface area (Å²) in [5.74, 6) is 0. The van der Waals surface area contributed by atoms with Crippen molar-refractivity contribution in [3.63, 3.8) is 0 Å². The molecule has 0 amide bonds. The number of aliphatic hydroxyl groups is 3. The van der Waals surface area contributed by atoms with Crippen molar-refractivity contribution in [2.75, 3.05) is 13.2 Å². The Hall–Kier alpha value is 0.460. The lowest BCUT2D eigenvalue weighted by atomic mass is 10.4. The third kappa shape index (κ3) is 9.68. The molecule has 0 heterocycles. The molecule has 0 aliphatic rings. The van der Waals surface area contributed by atoms with Crippen molar-refractivity contribution in [1.82, 2.24) is 0 Å². The van der Waals surface area contributed by atoms with Crippen molar-refractivity contribution in [3.8, 4) is 0 Å². The quantitative estimate of drug-likeness (QED) is 0.500. The normalized spacial score (nSPS) is 7.50. The van der Waals surface area contributed by atoms with Gasteiger partial charge < -0.3 is 15.3 Å². The summed E-state index contributed by atoms with van der Waals surface area (Å²) in [5.41, 5.74) is 0. The van der Waals surface area contributed by atoms with E-state index in [0.717, 1.165) is 0 Å². The molecule has 0 fully saturated rings. The van der Waals surface area contributed by atoms with Crippen LogP contribution in [0.2, 0.25) is 0 Å². The minimum atomic E-state index is -0.954. The van der Waals surface area contributed by atoms with E-state index in [2.05, 4.69) is 0 Å². The van der Waals surface area contributed by atoms with Crippen molar-refractivity contribution >= 4 is 24.8 Å². The van der Waals surface area contributed by atoms with Crippen LogP contribution in [0, 0.1) is 0 Å². The number of aliphatic hydroxyl groups excluding tert-OH is 3. The van der Waals surface area contributed by atoms with Gasteiger partial charge in [-0.1, -0.05) is 0 Å². The van der Waals surface area contributed by atoms with Crippen LogP contribution in [0.5, 0.6) is 0 Å². The van der Waals surface area contributed by atoms with Gasteiger partial charge in [-0.3, -0.25) is 0 Å². The zero-order valence-electron chi connectivity index (χ0n) is 4.15. The Balaban J connectivity index is -0.000000125. The highest BCUT2D eigenvalue weighted by atomic mass is 35.5. The van der Waals surface area contributed by atoms with Gasteiger partial charge in [0.1, 0.15) is 6.10 Å². The molecule has 0 aromatic heterocycles. The highest BCUT2D eigenvalue weighted by Gasteiger charge is 1.93. The molecule has 0 saturated heterocycles. The average molecular weight is 165 g/mol. The predicted molar refractivity (Wildman–Crippen MR) is 34.7 cm³/mol. The summed E-state index contributed by atoms with van der Waals surface area (Å²) >= 11 is 0. The lowest BCUT2D eigenvalue weighted by Gasteiger charge is -1.96. The number of rotatable bonds is 2. The van der Waals surface area contributed by atoms with Crippen LogP contribution in [0.3, 0.4) is 0 Å². The monoisotopic (exact) mass is 164 g/mol. The smallest absolute Gasteiger partial charge is 0.100 e. The molecule has 0 bridgehead atoms. The lowest BCUT2D eigenvalue weighted by molar-refractivity contribution is 0.0450. The van der Waals surface area contributed by atoms with Crippen molar-refractivity contribution in [3.05, 3.63) is 0 Å². The fourth-order valence-corrected chi connectivity index (χ4v) is 0.0577. The second-order valence-electron chi connectivity index (χ2n) is 1.02. The van der Waals surface area contributed by atoms with Gasteiger partial charge in [-0.15, -0.1) is 24.8 Å². The van der Waals surface area contributed by atoms with Crippen molar-refractivity contribution < 1.29 is 15.3 Å². The maximum atomic E-state index is 8.17. The van der Waals surface area contributed by atoms with Crippen molar-refractivity contribution in [2.45, 2.75) is 6.10 Å². The first kappa shape index (κ1) is 15.8. The molecule has 0 radical (unpaired) electrons. The minimum Gasteiger partial charge on any atom is -0.394 e. The van der Waals surface area contributed by atoms with Crippen LogP contribution in [0.4, 0.5) is 0 Å². The van der Waals surface area contributed by atoms with Crippen molar-refractivity contribution in [1.29, 1.82) is 0 Å². The first-order valence-electron chi connectivity index (χ1n) is 1.71. The molecule has 0 aliphatic heterocycles. The van der Waals surface area contributed by atoms with E-state index in [0.29, 0.717) is 0 Å². The van der Waals surface area contributed by atoms with E-state index in [1.165, 1.54) is 0 Å². The molecule has 0 spiro atoms. The Kier molecular flexibility index (Phi) is 20.6. The number of hydrogen-bond acceptors (Lipinski definition) is 3. The second-order valence-corrected chi connectivity index (χ2v) is 1.02. The lowest BCUT2D eigenvalue weighted by Crippen LogP contribution is -2.15. The molecule has 54 valence electrons. The van der Waals surface area contributed by atoms with Crippen LogP contribution in [0.1, 0.15) is 0 Å². The Bertz CT molecular complexity index is 31.7. The number of halogens is 2. The molecule has 0 saturated carbocycles. The van der Waals surface area contributed by atoms with E-state index in [9.17, 15) is 0 Å². The van der Waals surface area contributed by atoms with Gasteiger partial charge >= 0.3 is 0 Å². The van der Waals surface area contributed by atoms with Gasteiger partial charge in [-0.25, -0.2) is 0 Å². The van der Waals surface area contributed by atoms with Crippen LogP contribution in [-0.4, -0.2) is 34.6 Å². The first-order valence-corrected chi connectivity index (χ1v) is 1.71. The second kappa shape index (κ2) is 10.4. The Labute approximate surface area is 60.2 Å². The van der Waals surface area contributed by atoms with Gasteiger partial charge in [0.2, 0.25) is 0 Å². The molecule has 0 aliphatic carbocycles. The van der Waals surface area contributed by atoms with Gasteiger partial charge in [0.15, 0.2) is 0 Å². The van der Waals surface area contributed by atoms with Crippen LogP contribution in [0.15, 0.2) is 0 Å². The summed E-state index contributed by atoms with van der Waals surface area (Å²) < 4.78 is 0. The molecular formula is C3H10Cl2O3. The molecule has 0 rings (SSSR count). The highest BCUT2D eigenvalue weighted by Crippen LogP contribution is 1.71. The summed E-state index contributed by atoms with van der Waals surface area (Å²) in [6.07, 6.45) is -0.954. The van der Waals surface area contributed by atoms with Crippen LogP contribution >= 0.6 is 24.8 Å². The molecule has 8 heavy (non-hydrogen) atoms. The van der Waals surface area contributed by atoms with E-state index in [1.54, 1.807) is 0 Å². The molecule has 0 unspecified atom stereocenters. The molecule has 0 aromatic carbocycles. The van der Waals surface area contributed by atoms with Gasteiger partial charge in [0.05, 0.1) is 13.2 Å². The average Bonchev–Trinajstić information content (AvgIpc) is 1.65. The SMILES string of the molecule is Cl.Cl.OCC(O)CO. The van der Waals surface area contributed by atoms with E-state index >= 15 is 0 Å². The molecule has 3 nitrogen and oxygen atoms in total. The van der Waals surface area contributed by atoms with Crippen LogP contribution in [0.25, 0.3) is 0 Å². The first-order chi connectivity index (χ1) is 2.81. The van der Waals surface area contributed by atoms with Crippen LogP contribution in [-0.2, 0) is 0 Å². The summed E-state index contributed by atoms with van der Waals surface area (Å²) in [6, 6.07) is 0. The molecule has 0 aromatic rings. The standard InChI is InChI=1S/C3H8O3.2ClH/c4-1-3(6)2-5;;/h3-6H,1-2H2;2*1H. The topological polar surface area (TPSA) is 60.7 Å². The van der Waals surface area contributed by atoms with Crippen molar-refractivity contribution in [2.24, 2.45) is 0 Å². The maximum Gasteiger partial charge on any atom is 0.100 e. The predicted octanol–water partition coefficient (Wildman–Crippen LogP) is -0.825. The fraction of sp³-hybridized carbons (Fsp3) is 1.00. The Morgan fingerprint density at radius 3 is 1.25 bits per heavy atom. The number of hydrogen-bond donors (Lipinski definition) is 3. The van der Waals surface area contributed by atoms with Gasteiger partial charge in [-0.2, -0.15) is 0 Å². The van der Waals surface area contributed by atoms with Crippen LogP contribution < -0.4 is 0 Å². The molecule has 5 heteroatoms. The van der Waals surface area contributed by atoms with Gasteiger partial charge in [-0.05, 0) is 0 Å². The summed E-state index contributed by atoms with van der Waals surface area (Å²) in [4.78, 5) is 0. The molecular weight excluding hydrogens is 155 g/mol. The zero-order chi connectivity index (χ0) is 4.99. The van der Waals surface area contributed by atoms with E-state index in [1.807, 2.05) is 0 Å². The van der Waals surface area contributed by atoms with Gasteiger partial charge in [0, 0.05) is 0 Å². The Morgan fingerprint density at radius 1 is 1.00 bits per heavy atom. The largest absolute Gasteiger partial charge is 0.394 e. The summed E-state index contributed by atoms with van der Waals surface area (Å²) in [6.45, 7) is -0.729. The highest BCUT2D eigenvalue weighted by molar-refractivity contribution is 5.85. The fourth-order valence-electron chi connectivity index (χ4n) is 0.0577. The molecule has 0 atom stereocenters. The minimum absolute atomic E-state index is 0. The van der Waals surface area contributed by atoms with E-state index < -0.39 is 6.10 Å². The third-order valence-corrected chi connectivity index (χ3v) is 0.421. The summed E-state index contributed by atoms with van der Waals surface area (Å²) in [5, 5.41) is 24.0. The van der Waals surface area contributed by atoms with E-state index in [-0.39, 0.29) is 38.0 Å². The Morgan fingerprint density at radius 2 is 1.25 bits per heavy atom.